The fourth-order valence-electron chi connectivity index (χ4n) is 1.56. The second-order valence-electron chi connectivity index (χ2n) is 3.92. The lowest BCUT2D eigenvalue weighted by Gasteiger charge is -2.06. The molecule has 2 aromatic carbocycles. The number of halogens is 3. The van der Waals surface area contributed by atoms with Gasteiger partial charge in [0.15, 0.2) is 0 Å². The average molecular weight is 285 g/mol. The minimum Gasteiger partial charge on any atom is -0.399 e. The topological polar surface area (TPSA) is 43.1 Å². The van der Waals surface area contributed by atoms with Gasteiger partial charge in [0.1, 0.15) is 17.5 Å². The molecule has 0 heterocycles. The van der Waals surface area contributed by atoms with Crippen molar-refractivity contribution in [1.82, 2.24) is 0 Å². The van der Waals surface area contributed by atoms with Crippen molar-refractivity contribution < 1.29 is 17.4 Å². The first-order chi connectivity index (χ1) is 8.97. The van der Waals surface area contributed by atoms with Gasteiger partial charge in [0.05, 0.1) is 21.4 Å². The molecule has 2 N–H and O–H groups in total. The molecule has 100 valence electrons. The SMILES string of the molecule is Nc1ccc(S(=O)Cc2ccc(F)cc2F)c(F)c1. The van der Waals surface area contributed by atoms with Gasteiger partial charge in [0.2, 0.25) is 0 Å². The van der Waals surface area contributed by atoms with E-state index in [0.29, 0.717) is 6.07 Å². The van der Waals surface area contributed by atoms with E-state index in [9.17, 15) is 17.4 Å². The van der Waals surface area contributed by atoms with Gasteiger partial charge in [-0.05, 0) is 24.3 Å². The maximum absolute atomic E-state index is 13.5. The maximum atomic E-state index is 13.5. The van der Waals surface area contributed by atoms with Crippen molar-refractivity contribution >= 4 is 16.5 Å². The summed E-state index contributed by atoms with van der Waals surface area (Å²) in [5.41, 5.74) is 5.66. The fraction of sp³-hybridized carbons (Fsp3) is 0.0769. The van der Waals surface area contributed by atoms with Crippen LogP contribution in [0, 0.1) is 17.5 Å². The highest BCUT2D eigenvalue weighted by atomic mass is 32.2. The van der Waals surface area contributed by atoms with Crippen molar-refractivity contribution in [2.75, 3.05) is 5.73 Å². The molecule has 0 amide bonds. The molecule has 0 bridgehead atoms. The Bertz CT molecular complexity index is 646. The van der Waals surface area contributed by atoms with Crippen LogP contribution in [0.15, 0.2) is 41.3 Å². The van der Waals surface area contributed by atoms with E-state index in [4.69, 9.17) is 5.73 Å². The summed E-state index contributed by atoms with van der Waals surface area (Å²) in [5.74, 6) is -2.46. The smallest absolute Gasteiger partial charge is 0.141 e. The van der Waals surface area contributed by atoms with Crippen LogP contribution in [0.2, 0.25) is 0 Å². The normalized spacial score (nSPS) is 12.4. The van der Waals surface area contributed by atoms with Crippen molar-refractivity contribution in [3.05, 3.63) is 59.4 Å². The van der Waals surface area contributed by atoms with E-state index in [1.54, 1.807) is 0 Å². The lowest BCUT2D eigenvalue weighted by Crippen LogP contribution is -2.02. The van der Waals surface area contributed by atoms with Gasteiger partial charge in [-0.25, -0.2) is 13.2 Å². The van der Waals surface area contributed by atoms with Crippen LogP contribution in [0.1, 0.15) is 5.56 Å². The lowest BCUT2D eigenvalue weighted by atomic mass is 10.2. The second kappa shape index (κ2) is 5.44. The highest BCUT2D eigenvalue weighted by molar-refractivity contribution is 7.84. The largest absolute Gasteiger partial charge is 0.399 e. The third-order valence-corrected chi connectivity index (χ3v) is 3.90. The number of nitrogen functional groups attached to an aromatic ring is 1. The zero-order valence-corrected chi connectivity index (χ0v) is 10.5. The molecule has 0 aliphatic rings. The van der Waals surface area contributed by atoms with Crippen molar-refractivity contribution in [3.8, 4) is 0 Å². The minimum atomic E-state index is -1.76. The molecular formula is C13H10F3NOS. The second-order valence-corrected chi connectivity index (χ2v) is 5.33. The highest BCUT2D eigenvalue weighted by Gasteiger charge is 2.13. The maximum Gasteiger partial charge on any atom is 0.141 e. The molecule has 0 aromatic heterocycles. The Morgan fingerprint density at radius 1 is 1.00 bits per heavy atom. The van der Waals surface area contributed by atoms with E-state index in [0.717, 1.165) is 12.1 Å². The molecule has 0 saturated heterocycles. The molecule has 1 unspecified atom stereocenters. The van der Waals surface area contributed by atoms with Gasteiger partial charge >= 0.3 is 0 Å². The summed E-state index contributed by atoms with van der Waals surface area (Å²) in [7, 11) is -1.76. The number of rotatable bonds is 3. The monoisotopic (exact) mass is 285 g/mol. The summed E-state index contributed by atoms with van der Waals surface area (Å²) in [5, 5.41) is 0. The van der Waals surface area contributed by atoms with Crippen LogP contribution in [0.25, 0.3) is 0 Å². The number of hydrogen-bond acceptors (Lipinski definition) is 2. The van der Waals surface area contributed by atoms with Gasteiger partial charge in [0.25, 0.3) is 0 Å². The third-order valence-electron chi connectivity index (χ3n) is 2.50. The molecule has 2 aromatic rings. The van der Waals surface area contributed by atoms with E-state index in [2.05, 4.69) is 0 Å². The molecule has 0 aliphatic heterocycles. The summed E-state index contributed by atoms with van der Waals surface area (Å²) < 4.78 is 51.6. The van der Waals surface area contributed by atoms with E-state index in [1.807, 2.05) is 0 Å². The van der Waals surface area contributed by atoms with E-state index < -0.39 is 28.3 Å². The Morgan fingerprint density at radius 3 is 2.37 bits per heavy atom. The lowest BCUT2D eigenvalue weighted by molar-refractivity contribution is 0.574. The summed E-state index contributed by atoms with van der Waals surface area (Å²) in [6.45, 7) is 0. The first-order valence-corrected chi connectivity index (χ1v) is 6.66. The van der Waals surface area contributed by atoms with Crippen molar-refractivity contribution in [3.63, 3.8) is 0 Å². The van der Waals surface area contributed by atoms with Gasteiger partial charge in [-0.3, -0.25) is 4.21 Å². The van der Waals surface area contributed by atoms with Crippen LogP contribution in [-0.4, -0.2) is 4.21 Å². The Labute approximate surface area is 110 Å². The minimum absolute atomic E-state index is 0.0575. The molecule has 0 fully saturated rings. The Balaban J connectivity index is 2.25. The number of benzene rings is 2. The molecule has 19 heavy (non-hydrogen) atoms. The molecule has 0 aliphatic carbocycles. The van der Waals surface area contributed by atoms with Crippen molar-refractivity contribution in [2.45, 2.75) is 10.6 Å². The van der Waals surface area contributed by atoms with Crippen molar-refractivity contribution in [1.29, 1.82) is 0 Å². The van der Waals surface area contributed by atoms with Crippen LogP contribution in [-0.2, 0) is 16.6 Å². The predicted molar refractivity (Wildman–Crippen MR) is 67.3 cm³/mol. The first-order valence-electron chi connectivity index (χ1n) is 5.34. The van der Waals surface area contributed by atoms with Gasteiger partial charge in [0, 0.05) is 17.3 Å². The van der Waals surface area contributed by atoms with Gasteiger partial charge in [-0.2, -0.15) is 0 Å². The standard InChI is InChI=1S/C13H10F3NOS/c14-9-2-1-8(11(15)5-9)7-19(18)13-4-3-10(17)6-12(13)16/h1-6H,7,17H2. The van der Waals surface area contributed by atoms with Crippen LogP contribution in [0.3, 0.4) is 0 Å². The molecule has 0 saturated carbocycles. The fourth-order valence-corrected chi connectivity index (χ4v) is 2.73. The quantitative estimate of drug-likeness (QED) is 0.881. The Morgan fingerprint density at radius 2 is 1.74 bits per heavy atom. The highest BCUT2D eigenvalue weighted by Crippen LogP contribution is 2.20. The van der Waals surface area contributed by atoms with Crippen LogP contribution in [0.4, 0.5) is 18.9 Å². The molecule has 6 heteroatoms. The number of hydrogen-bond donors (Lipinski definition) is 1. The van der Waals surface area contributed by atoms with E-state index in [-0.39, 0.29) is 21.9 Å². The van der Waals surface area contributed by atoms with Crippen LogP contribution in [0.5, 0.6) is 0 Å². The van der Waals surface area contributed by atoms with Gasteiger partial charge < -0.3 is 5.73 Å². The van der Waals surface area contributed by atoms with Crippen LogP contribution < -0.4 is 5.73 Å². The summed E-state index contributed by atoms with van der Waals surface area (Å²) in [6.07, 6.45) is 0. The molecule has 0 spiro atoms. The summed E-state index contributed by atoms with van der Waals surface area (Å²) in [4.78, 5) is -0.0575. The molecule has 2 nitrogen and oxygen atoms in total. The van der Waals surface area contributed by atoms with Gasteiger partial charge in [-0.1, -0.05) is 6.07 Å². The predicted octanol–water partition coefficient (Wildman–Crippen LogP) is 2.99. The average Bonchev–Trinajstić information content (AvgIpc) is 2.32. The molecule has 1 atom stereocenters. The molecular weight excluding hydrogens is 275 g/mol. The molecule has 2 rings (SSSR count). The van der Waals surface area contributed by atoms with E-state index >= 15 is 0 Å². The Hall–Kier alpha value is -1.82. The third kappa shape index (κ3) is 3.14. The molecule has 0 radical (unpaired) electrons. The first kappa shape index (κ1) is 13.6. The number of anilines is 1. The summed E-state index contributed by atoms with van der Waals surface area (Å²) in [6, 6.07) is 6.71. The Kier molecular flexibility index (Phi) is 3.90. The number of nitrogens with two attached hydrogens (primary N) is 1. The van der Waals surface area contributed by atoms with Crippen molar-refractivity contribution in [2.24, 2.45) is 0 Å². The summed E-state index contributed by atoms with van der Waals surface area (Å²) >= 11 is 0. The van der Waals surface area contributed by atoms with E-state index in [1.165, 1.54) is 18.2 Å². The zero-order valence-electron chi connectivity index (χ0n) is 9.70. The zero-order chi connectivity index (χ0) is 14.0. The van der Waals surface area contributed by atoms with Crippen LogP contribution >= 0.6 is 0 Å². The van der Waals surface area contributed by atoms with Gasteiger partial charge in [-0.15, -0.1) is 0 Å².